The number of amides is 1. The van der Waals surface area contributed by atoms with E-state index in [1.807, 2.05) is 0 Å². The van der Waals surface area contributed by atoms with Crippen molar-refractivity contribution in [2.24, 2.45) is 0 Å². The molecule has 0 saturated heterocycles. The molecule has 0 aliphatic carbocycles. The summed E-state index contributed by atoms with van der Waals surface area (Å²) in [5, 5.41) is 12.2. The quantitative estimate of drug-likeness (QED) is 0.608. The van der Waals surface area contributed by atoms with Gasteiger partial charge in [-0.3, -0.25) is 9.59 Å². The number of carbonyl (C=O) groups excluding carboxylic acids is 2. The minimum Gasteiger partial charge on any atom is -0.505 e. The summed E-state index contributed by atoms with van der Waals surface area (Å²) in [7, 11) is 2.75. The van der Waals surface area contributed by atoms with E-state index in [2.05, 4.69) is 5.32 Å². The molecular formula is C11H13NO5. The monoisotopic (exact) mass is 239 g/mol. The summed E-state index contributed by atoms with van der Waals surface area (Å²) in [6.07, 6.45) is 0.461. The van der Waals surface area contributed by atoms with E-state index in [0.717, 1.165) is 0 Å². The van der Waals surface area contributed by atoms with Crippen LogP contribution in [0, 0.1) is 0 Å². The lowest BCUT2D eigenvalue weighted by Crippen LogP contribution is -2.09. The van der Waals surface area contributed by atoms with Crippen molar-refractivity contribution in [2.45, 2.75) is 6.92 Å². The van der Waals surface area contributed by atoms with E-state index in [9.17, 15) is 14.7 Å². The molecule has 0 aromatic heterocycles. The van der Waals surface area contributed by atoms with Gasteiger partial charge >= 0.3 is 0 Å². The first-order valence-corrected chi connectivity index (χ1v) is 4.75. The standard InChI is InChI=1S/C11H13NO5/c1-6(14)12-9-10(15)7(5-13)4-8(16-2)11(9)17-3/h4-5,15H,1-3H3,(H,12,14). The van der Waals surface area contributed by atoms with Crippen LogP contribution in [0.1, 0.15) is 17.3 Å². The summed E-state index contributed by atoms with van der Waals surface area (Å²) < 4.78 is 10.0. The van der Waals surface area contributed by atoms with E-state index >= 15 is 0 Å². The fraction of sp³-hybridized carbons (Fsp3) is 0.273. The molecule has 6 heteroatoms. The predicted octanol–water partition coefficient (Wildman–Crippen LogP) is 1.18. The average molecular weight is 239 g/mol. The van der Waals surface area contributed by atoms with E-state index < -0.39 is 5.91 Å². The van der Waals surface area contributed by atoms with Crippen molar-refractivity contribution in [1.82, 2.24) is 0 Å². The highest BCUT2D eigenvalue weighted by Gasteiger charge is 2.19. The second-order valence-electron chi connectivity index (χ2n) is 3.22. The first kappa shape index (κ1) is 12.8. The zero-order valence-electron chi connectivity index (χ0n) is 9.73. The van der Waals surface area contributed by atoms with Crippen LogP contribution in [0.25, 0.3) is 0 Å². The second kappa shape index (κ2) is 5.20. The number of phenolic OH excluding ortho intramolecular Hbond substituents is 1. The number of nitrogens with one attached hydrogen (secondary N) is 1. The zero-order chi connectivity index (χ0) is 13.0. The minimum absolute atomic E-state index is 0.00593. The number of rotatable bonds is 4. The highest BCUT2D eigenvalue weighted by atomic mass is 16.5. The maximum absolute atomic E-state index is 11.0. The molecule has 0 bridgehead atoms. The molecule has 2 N–H and O–H groups in total. The van der Waals surface area contributed by atoms with Gasteiger partial charge in [-0.2, -0.15) is 0 Å². The van der Waals surface area contributed by atoms with E-state index in [0.29, 0.717) is 6.29 Å². The van der Waals surface area contributed by atoms with Crippen LogP contribution in [-0.4, -0.2) is 31.5 Å². The third-order valence-electron chi connectivity index (χ3n) is 2.10. The first-order chi connectivity index (χ1) is 8.04. The second-order valence-corrected chi connectivity index (χ2v) is 3.22. The molecular weight excluding hydrogens is 226 g/mol. The zero-order valence-corrected chi connectivity index (χ0v) is 9.73. The molecule has 0 unspecified atom stereocenters. The van der Waals surface area contributed by atoms with Gasteiger partial charge in [0.1, 0.15) is 5.69 Å². The highest BCUT2D eigenvalue weighted by molar-refractivity contribution is 5.97. The molecule has 0 aliphatic heterocycles. The van der Waals surface area contributed by atoms with E-state index in [-0.39, 0.29) is 28.5 Å². The van der Waals surface area contributed by atoms with Crippen LogP contribution in [0.15, 0.2) is 6.07 Å². The summed E-state index contributed by atoms with van der Waals surface area (Å²) in [6, 6.07) is 1.33. The lowest BCUT2D eigenvalue weighted by molar-refractivity contribution is -0.114. The predicted molar refractivity (Wildman–Crippen MR) is 60.9 cm³/mol. The van der Waals surface area contributed by atoms with Gasteiger partial charge in [-0.05, 0) is 6.07 Å². The molecule has 0 saturated carbocycles. The van der Waals surface area contributed by atoms with Crippen molar-refractivity contribution >= 4 is 17.9 Å². The molecule has 6 nitrogen and oxygen atoms in total. The summed E-state index contributed by atoms with van der Waals surface area (Å²) in [5.41, 5.74) is 0.0212. The lowest BCUT2D eigenvalue weighted by Gasteiger charge is -2.15. The lowest BCUT2D eigenvalue weighted by atomic mass is 10.1. The van der Waals surface area contributed by atoms with Gasteiger partial charge in [0.05, 0.1) is 19.8 Å². The number of carbonyl (C=O) groups is 2. The summed E-state index contributed by atoms with van der Waals surface area (Å²) >= 11 is 0. The number of aldehydes is 1. The first-order valence-electron chi connectivity index (χ1n) is 4.75. The minimum atomic E-state index is -0.399. The van der Waals surface area contributed by atoms with Gasteiger partial charge in [0.2, 0.25) is 5.91 Å². The van der Waals surface area contributed by atoms with Gasteiger partial charge in [-0.1, -0.05) is 0 Å². The average Bonchev–Trinajstić information content (AvgIpc) is 2.30. The molecule has 0 fully saturated rings. The number of phenols is 1. The van der Waals surface area contributed by atoms with E-state index in [1.54, 1.807) is 0 Å². The van der Waals surface area contributed by atoms with E-state index in [4.69, 9.17) is 9.47 Å². The maximum Gasteiger partial charge on any atom is 0.221 e. The van der Waals surface area contributed by atoms with Gasteiger partial charge in [0.15, 0.2) is 23.5 Å². The molecule has 1 aromatic carbocycles. The normalized spacial score (nSPS) is 9.59. The number of hydrogen-bond acceptors (Lipinski definition) is 5. The number of ether oxygens (including phenoxy) is 2. The fourth-order valence-electron chi connectivity index (χ4n) is 1.39. The van der Waals surface area contributed by atoms with Gasteiger partial charge < -0.3 is 19.9 Å². The fourth-order valence-corrected chi connectivity index (χ4v) is 1.39. The Kier molecular flexibility index (Phi) is 3.92. The topological polar surface area (TPSA) is 84.9 Å². The van der Waals surface area contributed by atoms with Gasteiger partial charge in [-0.15, -0.1) is 0 Å². The summed E-state index contributed by atoms with van der Waals surface area (Å²) in [5.74, 6) is -0.349. The highest BCUT2D eigenvalue weighted by Crippen LogP contribution is 2.43. The van der Waals surface area contributed by atoms with Crippen LogP contribution in [0.5, 0.6) is 17.2 Å². The Morgan fingerprint density at radius 2 is 2.06 bits per heavy atom. The Morgan fingerprint density at radius 1 is 1.41 bits per heavy atom. The number of benzene rings is 1. The van der Waals surface area contributed by atoms with Crippen LogP contribution in [0.4, 0.5) is 5.69 Å². The number of hydrogen-bond donors (Lipinski definition) is 2. The third kappa shape index (κ3) is 2.47. The van der Waals surface area contributed by atoms with Crippen molar-refractivity contribution < 1.29 is 24.2 Å². The van der Waals surface area contributed by atoms with Crippen LogP contribution >= 0.6 is 0 Å². The Hall–Kier alpha value is -2.24. The molecule has 1 rings (SSSR count). The number of methoxy groups -OCH3 is 2. The Morgan fingerprint density at radius 3 is 2.47 bits per heavy atom. The summed E-state index contributed by atoms with van der Waals surface area (Å²) in [4.78, 5) is 21.8. The molecule has 0 spiro atoms. The number of aromatic hydroxyl groups is 1. The molecule has 17 heavy (non-hydrogen) atoms. The van der Waals surface area contributed by atoms with Crippen LogP contribution < -0.4 is 14.8 Å². The van der Waals surface area contributed by atoms with Gasteiger partial charge in [-0.25, -0.2) is 0 Å². The Bertz CT molecular complexity index is 456. The van der Waals surface area contributed by atoms with Gasteiger partial charge in [0, 0.05) is 6.92 Å². The van der Waals surface area contributed by atoms with Gasteiger partial charge in [0.25, 0.3) is 0 Å². The largest absolute Gasteiger partial charge is 0.505 e. The molecule has 0 heterocycles. The van der Waals surface area contributed by atoms with Crippen molar-refractivity contribution in [3.63, 3.8) is 0 Å². The Balaban J connectivity index is 3.49. The van der Waals surface area contributed by atoms with Crippen molar-refractivity contribution in [3.05, 3.63) is 11.6 Å². The third-order valence-corrected chi connectivity index (χ3v) is 2.10. The summed E-state index contributed by atoms with van der Waals surface area (Å²) in [6.45, 7) is 1.28. The molecule has 1 aromatic rings. The smallest absolute Gasteiger partial charge is 0.221 e. The molecule has 1 amide bonds. The van der Waals surface area contributed by atoms with Crippen LogP contribution in [0.2, 0.25) is 0 Å². The van der Waals surface area contributed by atoms with Crippen molar-refractivity contribution in [3.8, 4) is 17.2 Å². The van der Waals surface area contributed by atoms with E-state index in [1.165, 1.54) is 27.2 Å². The maximum atomic E-state index is 11.0. The molecule has 0 radical (unpaired) electrons. The molecule has 0 atom stereocenters. The van der Waals surface area contributed by atoms with Crippen LogP contribution in [0.3, 0.4) is 0 Å². The Labute approximate surface area is 98.2 Å². The van der Waals surface area contributed by atoms with Crippen molar-refractivity contribution in [2.75, 3.05) is 19.5 Å². The van der Waals surface area contributed by atoms with Crippen LogP contribution in [-0.2, 0) is 4.79 Å². The van der Waals surface area contributed by atoms with Crippen molar-refractivity contribution in [1.29, 1.82) is 0 Å². The molecule has 0 aliphatic rings. The number of anilines is 1. The molecule has 92 valence electrons. The SMILES string of the molecule is COc1cc(C=O)c(O)c(NC(C)=O)c1OC.